The van der Waals surface area contributed by atoms with E-state index < -0.39 is 0 Å². The summed E-state index contributed by atoms with van der Waals surface area (Å²) >= 11 is 5.70. The summed E-state index contributed by atoms with van der Waals surface area (Å²) in [6.45, 7) is 7.21. The van der Waals surface area contributed by atoms with Crippen LogP contribution in [0.1, 0.15) is 11.1 Å². The first kappa shape index (κ1) is 14.1. The van der Waals surface area contributed by atoms with Crippen LogP contribution in [-0.4, -0.2) is 11.4 Å². The van der Waals surface area contributed by atoms with Gasteiger partial charge in [-0.1, -0.05) is 18.2 Å². The summed E-state index contributed by atoms with van der Waals surface area (Å²) in [5, 5.41) is 13.1. The van der Waals surface area contributed by atoms with Crippen LogP contribution in [0.3, 0.4) is 0 Å². The number of nitrogens with one attached hydrogen (secondary N) is 1. The molecule has 0 saturated heterocycles. The van der Waals surface area contributed by atoms with Gasteiger partial charge >= 0.3 is 0 Å². The van der Waals surface area contributed by atoms with Gasteiger partial charge in [-0.3, -0.25) is 0 Å². The molecule has 0 radical (unpaired) electrons. The number of aryl methyl sites for hydroxylation is 2. The lowest BCUT2D eigenvalue weighted by atomic mass is 10.1. The highest BCUT2D eigenvalue weighted by molar-refractivity contribution is 6.30. The molecule has 4 N–H and O–H groups in total. The van der Waals surface area contributed by atoms with Gasteiger partial charge in [0.1, 0.15) is 11.6 Å². The van der Waals surface area contributed by atoms with Crippen LogP contribution in [0.15, 0.2) is 40.6 Å². The summed E-state index contributed by atoms with van der Waals surface area (Å²) in [5.74, 6) is 0.761. The smallest absolute Gasteiger partial charge is 0.133 e. The largest absolute Gasteiger partial charge is 0.507 e. The van der Waals surface area contributed by atoms with E-state index >= 15 is 0 Å². The van der Waals surface area contributed by atoms with E-state index in [0.29, 0.717) is 10.9 Å². The van der Waals surface area contributed by atoms with Crippen LogP contribution in [0.5, 0.6) is 5.75 Å². The molecule has 18 heavy (non-hydrogen) atoms. The fourth-order valence-electron chi connectivity index (χ4n) is 1.51. The number of halogens is 1. The lowest BCUT2D eigenvalue weighted by Gasteiger charge is -2.10. The molecule has 0 aliphatic rings. The Bertz CT molecular complexity index is 498. The van der Waals surface area contributed by atoms with Gasteiger partial charge in [0, 0.05) is 10.7 Å². The van der Waals surface area contributed by atoms with E-state index in [1.165, 1.54) is 6.34 Å². The minimum absolute atomic E-state index is 0.287. The molecule has 1 aromatic rings. The number of aromatic hydroxyl groups is 1. The minimum Gasteiger partial charge on any atom is -0.507 e. The van der Waals surface area contributed by atoms with E-state index in [-0.39, 0.29) is 5.75 Å². The van der Waals surface area contributed by atoms with Gasteiger partial charge in [-0.15, -0.1) is 0 Å². The molecule has 0 fully saturated rings. The summed E-state index contributed by atoms with van der Waals surface area (Å²) < 4.78 is 0. The molecule has 0 bridgehead atoms. The molecule has 0 atom stereocenters. The maximum absolute atomic E-state index is 9.69. The zero-order chi connectivity index (χ0) is 13.7. The van der Waals surface area contributed by atoms with Crippen molar-refractivity contribution in [1.29, 1.82) is 0 Å². The van der Waals surface area contributed by atoms with Crippen molar-refractivity contribution in [2.45, 2.75) is 13.8 Å². The number of rotatable bonds is 4. The van der Waals surface area contributed by atoms with Crippen LogP contribution in [0.4, 0.5) is 5.69 Å². The molecule has 0 aliphatic heterocycles. The van der Waals surface area contributed by atoms with Gasteiger partial charge in [0.2, 0.25) is 0 Å². The highest BCUT2D eigenvalue weighted by atomic mass is 35.5. The topological polar surface area (TPSA) is 70.6 Å². The SMILES string of the molecule is C=C(Cl)/C=C(\N=CN)Nc1cc(C)c(O)c(C)c1. The summed E-state index contributed by atoms with van der Waals surface area (Å²) in [7, 11) is 0. The van der Waals surface area contributed by atoms with Gasteiger partial charge in [0.15, 0.2) is 0 Å². The highest BCUT2D eigenvalue weighted by Crippen LogP contribution is 2.26. The van der Waals surface area contributed by atoms with Gasteiger partial charge < -0.3 is 16.2 Å². The second-order valence-corrected chi connectivity index (χ2v) is 4.32. The monoisotopic (exact) mass is 265 g/mol. The van der Waals surface area contributed by atoms with Crippen molar-refractivity contribution in [3.8, 4) is 5.75 Å². The Kier molecular flexibility index (Phi) is 4.80. The molecule has 1 rings (SSSR count). The Morgan fingerprint density at radius 1 is 1.44 bits per heavy atom. The number of hydrogen-bond donors (Lipinski definition) is 3. The zero-order valence-corrected chi connectivity index (χ0v) is 11.1. The van der Waals surface area contributed by atoms with E-state index in [2.05, 4.69) is 16.9 Å². The van der Waals surface area contributed by atoms with Crippen LogP contribution in [0.2, 0.25) is 0 Å². The normalized spacial score (nSPS) is 11.8. The average Bonchev–Trinajstić information content (AvgIpc) is 2.25. The predicted molar refractivity (Wildman–Crippen MR) is 77.0 cm³/mol. The Morgan fingerprint density at radius 3 is 2.44 bits per heavy atom. The van der Waals surface area contributed by atoms with Crippen molar-refractivity contribution in [3.63, 3.8) is 0 Å². The zero-order valence-electron chi connectivity index (χ0n) is 10.4. The number of phenols is 1. The van der Waals surface area contributed by atoms with Gasteiger partial charge in [0.25, 0.3) is 0 Å². The fourth-order valence-corrected chi connectivity index (χ4v) is 1.61. The second-order valence-electron chi connectivity index (χ2n) is 3.84. The van der Waals surface area contributed by atoms with Crippen LogP contribution in [0.25, 0.3) is 0 Å². The molecule has 0 spiro atoms. The first-order valence-corrected chi connectivity index (χ1v) is 5.69. The third-order valence-corrected chi connectivity index (χ3v) is 2.38. The Morgan fingerprint density at radius 2 is 2.00 bits per heavy atom. The molecule has 0 heterocycles. The molecule has 96 valence electrons. The number of allylic oxidation sites excluding steroid dienone is 2. The van der Waals surface area contributed by atoms with E-state index in [1.807, 2.05) is 13.8 Å². The average molecular weight is 266 g/mol. The van der Waals surface area contributed by atoms with Gasteiger partial charge in [-0.05, 0) is 43.2 Å². The molecular weight excluding hydrogens is 250 g/mol. The molecule has 0 aromatic heterocycles. The van der Waals surface area contributed by atoms with Gasteiger partial charge in [-0.25, -0.2) is 4.99 Å². The molecule has 0 amide bonds. The van der Waals surface area contributed by atoms with E-state index in [4.69, 9.17) is 17.3 Å². The summed E-state index contributed by atoms with van der Waals surface area (Å²) in [6.07, 6.45) is 2.72. The Labute approximate surface area is 111 Å². The number of anilines is 1. The number of phenolic OH excluding ortho intramolecular Hbond substituents is 1. The summed E-state index contributed by atoms with van der Waals surface area (Å²) in [6, 6.07) is 3.61. The van der Waals surface area contributed by atoms with Crippen molar-refractivity contribution >= 4 is 23.6 Å². The number of nitrogens with zero attached hydrogens (tertiary/aromatic N) is 1. The molecule has 0 aliphatic carbocycles. The third-order valence-electron chi connectivity index (χ3n) is 2.27. The van der Waals surface area contributed by atoms with Gasteiger partial charge in [0.05, 0.1) is 6.34 Å². The van der Waals surface area contributed by atoms with Crippen molar-refractivity contribution in [2.24, 2.45) is 10.7 Å². The van der Waals surface area contributed by atoms with E-state index in [0.717, 1.165) is 16.8 Å². The van der Waals surface area contributed by atoms with Crippen LogP contribution >= 0.6 is 11.6 Å². The summed E-state index contributed by atoms with van der Waals surface area (Å²) in [5.41, 5.74) is 7.60. The number of aliphatic imine (C=N–C) groups is 1. The molecular formula is C13H16ClN3O. The van der Waals surface area contributed by atoms with Gasteiger partial charge in [-0.2, -0.15) is 0 Å². The summed E-state index contributed by atoms with van der Waals surface area (Å²) in [4.78, 5) is 3.94. The maximum atomic E-state index is 9.69. The molecule has 4 nitrogen and oxygen atoms in total. The molecule has 0 saturated carbocycles. The third kappa shape index (κ3) is 3.82. The number of hydrogen-bond acceptors (Lipinski definition) is 3. The van der Waals surface area contributed by atoms with Crippen molar-refractivity contribution in [1.82, 2.24) is 0 Å². The molecule has 1 aromatic carbocycles. The fraction of sp³-hybridized carbons (Fsp3) is 0.154. The highest BCUT2D eigenvalue weighted by Gasteiger charge is 2.04. The lowest BCUT2D eigenvalue weighted by Crippen LogP contribution is -2.01. The number of nitrogens with two attached hydrogens (primary N) is 1. The quantitative estimate of drug-likeness (QED) is 0.339. The van der Waals surface area contributed by atoms with E-state index in [9.17, 15) is 5.11 Å². The first-order chi connectivity index (χ1) is 8.43. The second kappa shape index (κ2) is 6.12. The Balaban J connectivity index is 3.05. The first-order valence-electron chi connectivity index (χ1n) is 5.31. The maximum Gasteiger partial charge on any atom is 0.133 e. The lowest BCUT2D eigenvalue weighted by molar-refractivity contribution is 0.467. The van der Waals surface area contributed by atoms with Crippen LogP contribution in [0, 0.1) is 13.8 Å². The predicted octanol–water partition coefficient (Wildman–Crippen LogP) is 3.00. The van der Waals surface area contributed by atoms with Crippen LogP contribution in [-0.2, 0) is 0 Å². The molecule has 0 unspecified atom stereocenters. The standard InChI is InChI=1S/C13H16ClN3O/c1-8-4-11(5-9(2)13(8)18)17-12(16-7-15)6-10(3)14/h4-7,17-18H,3H2,1-2H3,(H2,15,16)/b12-6+. The van der Waals surface area contributed by atoms with E-state index in [1.54, 1.807) is 18.2 Å². The minimum atomic E-state index is 0.287. The van der Waals surface area contributed by atoms with Crippen LogP contribution < -0.4 is 11.1 Å². The van der Waals surface area contributed by atoms with Crippen molar-refractivity contribution in [3.05, 3.63) is 46.8 Å². The Hall–Kier alpha value is -1.94. The van der Waals surface area contributed by atoms with Crippen molar-refractivity contribution in [2.75, 3.05) is 5.32 Å². The molecule has 5 heteroatoms. The van der Waals surface area contributed by atoms with Crippen molar-refractivity contribution < 1.29 is 5.11 Å². The number of benzene rings is 1.